The topological polar surface area (TPSA) is 17.1 Å². The third-order valence-corrected chi connectivity index (χ3v) is 2.87. The molecule has 0 bridgehead atoms. The van der Waals surface area contributed by atoms with Gasteiger partial charge in [0.15, 0.2) is 0 Å². The van der Waals surface area contributed by atoms with Gasteiger partial charge in [-0.15, -0.1) is 11.6 Å². The molecule has 0 N–H and O–H groups in total. The largest absolute Gasteiger partial charge is 0.280 e. The van der Waals surface area contributed by atoms with Gasteiger partial charge in [0.05, 0.1) is 0 Å². The average molecular weight is 231 g/mol. The highest BCUT2D eigenvalue weighted by Gasteiger charge is 2.14. The maximum absolute atomic E-state index is 10.8. The summed E-state index contributed by atoms with van der Waals surface area (Å²) in [6.07, 6.45) is 0.496. The molecule has 0 aliphatic heterocycles. The molecule has 0 spiro atoms. The zero-order valence-electron chi connectivity index (χ0n) is 8.18. The summed E-state index contributed by atoms with van der Waals surface area (Å²) >= 11 is 11.1. The standard InChI is InChI=1S/C11H12Cl2O/c1-7-3-4-9(8(2)5-7)6-10(12)11(13)14/h3-5,10H,6H2,1-2H3. The summed E-state index contributed by atoms with van der Waals surface area (Å²) in [5.41, 5.74) is 3.42. The summed E-state index contributed by atoms with van der Waals surface area (Å²) in [7, 11) is 0. The Hall–Kier alpha value is -0.530. The van der Waals surface area contributed by atoms with Crippen LogP contribution in [0.1, 0.15) is 16.7 Å². The summed E-state index contributed by atoms with van der Waals surface area (Å²) in [6, 6.07) is 6.06. The van der Waals surface area contributed by atoms with Crippen molar-refractivity contribution in [3.05, 3.63) is 34.9 Å². The number of hydrogen-bond acceptors (Lipinski definition) is 1. The molecule has 0 amide bonds. The van der Waals surface area contributed by atoms with E-state index in [2.05, 4.69) is 6.07 Å². The van der Waals surface area contributed by atoms with E-state index in [1.54, 1.807) is 0 Å². The van der Waals surface area contributed by atoms with E-state index in [1.165, 1.54) is 5.56 Å². The Kier molecular flexibility index (Phi) is 3.97. The van der Waals surface area contributed by atoms with Crippen LogP contribution in [0.2, 0.25) is 0 Å². The first-order valence-corrected chi connectivity index (χ1v) is 5.21. The first-order valence-electron chi connectivity index (χ1n) is 4.40. The van der Waals surface area contributed by atoms with Crippen LogP contribution in [0.3, 0.4) is 0 Å². The Morgan fingerprint density at radius 1 is 1.43 bits per heavy atom. The molecule has 0 saturated carbocycles. The van der Waals surface area contributed by atoms with E-state index in [0.717, 1.165) is 11.1 Å². The Morgan fingerprint density at radius 2 is 2.07 bits per heavy atom. The molecule has 1 atom stereocenters. The predicted octanol–water partition coefficient (Wildman–Crippen LogP) is 3.22. The second-order valence-electron chi connectivity index (χ2n) is 3.41. The van der Waals surface area contributed by atoms with Gasteiger partial charge in [0, 0.05) is 0 Å². The van der Waals surface area contributed by atoms with Crippen molar-refractivity contribution in [2.45, 2.75) is 25.6 Å². The number of aryl methyl sites for hydroxylation is 2. The van der Waals surface area contributed by atoms with Crippen LogP contribution in [0.15, 0.2) is 18.2 Å². The lowest BCUT2D eigenvalue weighted by atomic mass is 10.0. The van der Waals surface area contributed by atoms with Crippen molar-refractivity contribution in [2.75, 3.05) is 0 Å². The maximum atomic E-state index is 10.8. The van der Waals surface area contributed by atoms with Gasteiger partial charge in [-0.3, -0.25) is 4.79 Å². The van der Waals surface area contributed by atoms with Gasteiger partial charge >= 0.3 is 0 Å². The van der Waals surface area contributed by atoms with Gasteiger partial charge in [0.25, 0.3) is 0 Å². The molecule has 1 aromatic rings. The molecule has 0 aliphatic rings. The Labute approximate surface area is 94.0 Å². The van der Waals surface area contributed by atoms with E-state index in [4.69, 9.17) is 23.2 Å². The van der Waals surface area contributed by atoms with Crippen LogP contribution >= 0.6 is 23.2 Å². The van der Waals surface area contributed by atoms with Crippen LogP contribution in [-0.2, 0) is 11.2 Å². The second-order valence-corrected chi connectivity index (χ2v) is 4.31. The van der Waals surface area contributed by atoms with Crippen molar-refractivity contribution in [3.63, 3.8) is 0 Å². The highest BCUT2D eigenvalue weighted by Crippen LogP contribution is 2.16. The fraction of sp³-hybridized carbons (Fsp3) is 0.364. The van der Waals surface area contributed by atoms with E-state index in [9.17, 15) is 4.79 Å². The molecule has 0 aliphatic carbocycles. The minimum absolute atomic E-state index is 0.494. The molecule has 0 radical (unpaired) electrons. The van der Waals surface area contributed by atoms with Crippen LogP contribution in [0.25, 0.3) is 0 Å². The highest BCUT2D eigenvalue weighted by atomic mass is 35.5. The number of benzene rings is 1. The van der Waals surface area contributed by atoms with Gasteiger partial charge in [-0.25, -0.2) is 0 Å². The Balaban J connectivity index is 2.82. The number of alkyl halides is 1. The van der Waals surface area contributed by atoms with Crippen molar-refractivity contribution in [1.82, 2.24) is 0 Å². The predicted molar refractivity (Wildman–Crippen MR) is 60.1 cm³/mol. The van der Waals surface area contributed by atoms with Crippen molar-refractivity contribution in [2.24, 2.45) is 0 Å². The van der Waals surface area contributed by atoms with Gasteiger partial charge in [-0.05, 0) is 43.0 Å². The molecule has 0 heterocycles. The molecule has 1 unspecified atom stereocenters. The number of carbonyl (C=O) groups is 1. The molecule has 1 rings (SSSR count). The summed E-state index contributed by atoms with van der Waals surface area (Å²) in [6.45, 7) is 4.03. The first-order chi connectivity index (χ1) is 6.50. The number of rotatable bonds is 3. The second kappa shape index (κ2) is 4.81. The smallest absolute Gasteiger partial charge is 0.239 e. The zero-order chi connectivity index (χ0) is 10.7. The van der Waals surface area contributed by atoms with Gasteiger partial charge in [-0.2, -0.15) is 0 Å². The van der Waals surface area contributed by atoms with Crippen LogP contribution in [0, 0.1) is 13.8 Å². The zero-order valence-corrected chi connectivity index (χ0v) is 9.69. The average Bonchev–Trinajstić information content (AvgIpc) is 2.09. The SMILES string of the molecule is Cc1ccc(CC(Cl)C(=O)Cl)c(C)c1. The quantitative estimate of drug-likeness (QED) is 0.576. The van der Waals surface area contributed by atoms with Crippen molar-refractivity contribution in [3.8, 4) is 0 Å². The molecule has 0 aromatic heterocycles. The Morgan fingerprint density at radius 3 is 2.57 bits per heavy atom. The summed E-state index contributed by atoms with van der Waals surface area (Å²) in [4.78, 5) is 10.8. The number of halogens is 2. The van der Waals surface area contributed by atoms with Crippen molar-refractivity contribution in [1.29, 1.82) is 0 Å². The lowest BCUT2D eigenvalue weighted by Crippen LogP contribution is -2.12. The summed E-state index contributed by atoms with van der Waals surface area (Å²) in [5, 5.41) is -1.12. The lowest BCUT2D eigenvalue weighted by Gasteiger charge is -2.08. The van der Waals surface area contributed by atoms with Crippen molar-refractivity contribution >= 4 is 28.4 Å². The van der Waals surface area contributed by atoms with Gasteiger partial charge in [0.1, 0.15) is 5.38 Å². The van der Waals surface area contributed by atoms with Crippen LogP contribution in [0.5, 0.6) is 0 Å². The molecule has 0 fully saturated rings. The van der Waals surface area contributed by atoms with E-state index < -0.39 is 10.6 Å². The monoisotopic (exact) mass is 230 g/mol. The number of hydrogen-bond donors (Lipinski definition) is 0. The third-order valence-electron chi connectivity index (χ3n) is 2.14. The lowest BCUT2D eigenvalue weighted by molar-refractivity contribution is -0.111. The molecular weight excluding hydrogens is 219 g/mol. The molecular formula is C11H12Cl2O. The fourth-order valence-corrected chi connectivity index (χ4v) is 1.59. The molecule has 1 nitrogen and oxygen atoms in total. The van der Waals surface area contributed by atoms with Gasteiger partial charge < -0.3 is 0 Å². The third kappa shape index (κ3) is 3.00. The maximum Gasteiger partial charge on any atom is 0.239 e. The minimum atomic E-state index is -0.627. The molecule has 3 heteroatoms. The van der Waals surface area contributed by atoms with Gasteiger partial charge in [-0.1, -0.05) is 23.8 Å². The highest BCUT2D eigenvalue weighted by molar-refractivity contribution is 6.69. The molecule has 14 heavy (non-hydrogen) atoms. The van der Waals surface area contributed by atoms with E-state index >= 15 is 0 Å². The minimum Gasteiger partial charge on any atom is -0.280 e. The van der Waals surface area contributed by atoms with E-state index in [1.807, 2.05) is 26.0 Å². The summed E-state index contributed by atoms with van der Waals surface area (Å²) < 4.78 is 0. The molecule has 76 valence electrons. The van der Waals surface area contributed by atoms with E-state index in [0.29, 0.717) is 6.42 Å². The van der Waals surface area contributed by atoms with Crippen LogP contribution in [0.4, 0.5) is 0 Å². The van der Waals surface area contributed by atoms with Crippen LogP contribution < -0.4 is 0 Å². The molecule has 1 aromatic carbocycles. The normalized spacial score (nSPS) is 12.6. The van der Waals surface area contributed by atoms with Gasteiger partial charge in [0.2, 0.25) is 5.24 Å². The summed E-state index contributed by atoms with van der Waals surface area (Å²) in [5.74, 6) is 0. The van der Waals surface area contributed by atoms with Crippen molar-refractivity contribution < 1.29 is 4.79 Å². The van der Waals surface area contributed by atoms with E-state index in [-0.39, 0.29) is 0 Å². The Bertz CT molecular complexity index is 347. The molecule has 0 saturated heterocycles. The van der Waals surface area contributed by atoms with Crippen LogP contribution in [-0.4, -0.2) is 10.6 Å². The number of carbonyl (C=O) groups excluding carboxylic acids is 1. The fourth-order valence-electron chi connectivity index (χ4n) is 1.35. The first kappa shape index (κ1) is 11.5.